The van der Waals surface area contributed by atoms with Crippen molar-refractivity contribution < 1.29 is 28.6 Å². The van der Waals surface area contributed by atoms with E-state index >= 15 is 0 Å². The second kappa shape index (κ2) is 14.9. The smallest absolute Gasteiger partial charge is 0.325 e. The maximum Gasteiger partial charge on any atom is 0.325 e. The molecule has 3 amide bonds. The van der Waals surface area contributed by atoms with Crippen molar-refractivity contribution in [3.8, 4) is 11.5 Å². The zero-order chi connectivity index (χ0) is 25.6. The minimum Gasteiger partial charge on any atom is -0.493 e. The second-order valence-electron chi connectivity index (χ2n) is 7.72. The number of carbonyl (C=O) groups excluding carboxylic acids is 3. The van der Waals surface area contributed by atoms with Crippen molar-refractivity contribution in [2.75, 3.05) is 47.0 Å². The lowest BCUT2D eigenvalue weighted by molar-refractivity contribution is -0.141. The summed E-state index contributed by atoms with van der Waals surface area (Å²) >= 11 is 1.58. The number of hydrogen-bond donors (Lipinski definition) is 1. The van der Waals surface area contributed by atoms with Crippen LogP contribution in [0.15, 0.2) is 35.7 Å². The first-order valence-electron chi connectivity index (χ1n) is 11.6. The third-order valence-corrected chi connectivity index (χ3v) is 6.06. The normalized spacial score (nSPS) is 10.4. The number of esters is 1. The van der Waals surface area contributed by atoms with Gasteiger partial charge in [0.05, 0.1) is 27.4 Å². The average Bonchev–Trinajstić information content (AvgIpc) is 3.37. The lowest BCUT2D eigenvalue weighted by Gasteiger charge is -2.27. The molecule has 0 radical (unpaired) electrons. The van der Waals surface area contributed by atoms with Gasteiger partial charge in [-0.05, 0) is 48.9 Å². The first kappa shape index (κ1) is 28.0. The zero-order valence-electron chi connectivity index (χ0n) is 20.9. The van der Waals surface area contributed by atoms with Crippen molar-refractivity contribution >= 4 is 29.2 Å². The molecule has 0 unspecified atom stereocenters. The maximum atomic E-state index is 13.3. The van der Waals surface area contributed by atoms with E-state index in [0.717, 1.165) is 10.4 Å². The molecule has 1 N–H and O–H groups in total. The van der Waals surface area contributed by atoms with Gasteiger partial charge in [0, 0.05) is 18.0 Å². The Labute approximate surface area is 210 Å². The van der Waals surface area contributed by atoms with Crippen LogP contribution in [0.2, 0.25) is 0 Å². The van der Waals surface area contributed by atoms with Gasteiger partial charge in [0.2, 0.25) is 5.91 Å². The first-order valence-corrected chi connectivity index (χ1v) is 12.5. The Bertz CT molecular complexity index is 951. The molecule has 192 valence electrons. The van der Waals surface area contributed by atoms with Crippen LogP contribution in [0, 0.1) is 0 Å². The van der Waals surface area contributed by atoms with Gasteiger partial charge in [0.1, 0.15) is 13.1 Å². The second-order valence-corrected chi connectivity index (χ2v) is 8.75. The fourth-order valence-electron chi connectivity index (χ4n) is 3.44. The molecular weight excluding hydrogens is 470 g/mol. The summed E-state index contributed by atoms with van der Waals surface area (Å²) in [6.07, 6.45) is 1.29. The summed E-state index contributed by atoms with van der Waals surface area (Å²) in [6.45, 7) is 4.86. The van der Waals surface area contributed by atoms with E-state index in [1.54, 1.807) is 37.4 Å². The fraction of sp³-hybridized carbons (Fsp3) is 0.480. The lowest BCUT2D eigenvalue weighted by atomic mass is 10.1. The molecule has 0 fully saturated rings. The van der Waals surface area contributed by atoms with Crippen molar-refractivity contribution in [1.82, 2.24) is 15.1 Å². The molecule has 10 heteroatoms. The number of nitrogens with one attached hydrogen (secondary N) is 1. The van der Waals surface area contributed by atoms with Crippen LogP contribution >= 0.6 is 11.3 Å². The molecule has 0 atom stereocenters. The van der Waals surface area contributed by atoms with Crippen LogP contribution in [-0.4, -0.2) is 74.7 Å². The van der Waals surface area contributed by atoms with Gasteiger partial charge in [-0.15, -0.1) is 11.3 Å². The Kier molecular flexibility index (Phi) is 11.9. The molecule has 2 aromatic rings. The Hall–Kier alpha value is -3.27. The molecule has 1 aromatic carbocycles. The molecule has 0 saturated heterocycles. The van der Waals surface area contributed by atoms with Crippen molar-refractivity contribution in [3.05, 3.63) is 46.2 Å². The number of hydrogen-bond acceptors (Lipinski definition) is 7. The summed E-state index contributed by atoms with van der Waals surface area (Å²) < 4.78 is 15.5. The standard InChI is InChI=1S/C25H35N3O6S/c1-5-12-28(25(31)26-16-24(30)34-6-2)18-23(29)27(17-20-8-7-14-35-20)13-11-19-9-10-21(32-3)22(15-19)33-4/h7-10,14-15H,5-6,11-13,16-18H2,1-4H3,(H,26,31). The van der Waals surface area contributed by atoms with Gasteiger partial charge >= 0.3 is 12.0 Å². The number of rotatable bonds is 14. The van der Waals surface area contributed by atoms with Crippen LogP contribution in [0.5, 0.6) is 11.5 Å². The van der Waals surface area contributed by atoms with E-state index in [4.69, 9.17) is 14.2 Å². The fourth-order valence-corrected chi connectivity index (χ4v) is 4.16. The molecule has 0 aliphatic rings. The summed E-state index contributed by atoms with van der Waals surface area (Å²) in [5.41, 5.74) is 1.00. The topological polar surface area (TPSA) is 97.4 Å². The minimum absolute atomic E-state index is 0.0835. The van der Waals surface area contributed by atoms with E-state index in [1.807, 2.05) is 42.6 Å². The van der Waals surface area contributed by atoms with Crippen molar-refractivity contribution in [2.24, 2.45) is 0 Å². The predicted molar refractivity (Wildman–Crippen MR) is 135 cm³/mol. The molecular formula is C25H35N3O6S. The molecule has 2 rings (SSSR count). The number of methoxy groups -OCH3 is 2. The quantitative estimate of drug-likeness (QED) is 0.396. The number of carbonyl (C=O) groups is 3. The summed E-state index contributed by atoms with van der Waals surface area (Å²) in [5, 5.41) is 4.51. The Morgan fingerprint density at radius 1 is 1.00 bits per heavy atom. The maximum absolute atomic E-state index is 13.3. The molecule has 35 heavy (non-hydrogen) atoms. The van der Waals surface area contributed by atoms with Crippen LogP contribution in [0.25, 0.3) is 0 Å². The van der Waals surface area contributed by atoms with Gasteiger partial charge in [-0.1, -0.05) is 19.1 Å². The van der Waals surface area contributed by atoms with Crippen molar-refractivity contribution in [2.45, 2.75) is 33.2 Å². The largest absolute Gasteiger partial charge is 0.493 e. The molecule has 1 heterocycles. The van der Waals surface area contributed by atoms with Gasteiger partial charge in [-0.3, -0.25) is 9.59 Å². The summed E-state index contributed by atoms with van der Waals surface area (Å²) in [7, 11) is 3.17. The van der Waals surface area contributed by atoms with Crippen LogP contribution in [0.4, 0.5) is 4.79 Å². The van der Waals surface area contributed by atoms with Crippen LogP contribution < -0.4 is 14.8 Å². The summed E-state index contributed by atoms with van der Waals surface area (Å²) in [4.78, 5) is 41.8. The number of urea groups is 1. The highest BCUT2D eigenvalue weighted by Crippen LogP contribution is 2.27. The van der Waals surface area contributed by atoms with Gasteiger partial charge in [0.15, 0.2) is 11.5 Å². The predicted octanol–water partition coefficient (Wildman–Crippen LogP) is 3.32. The molecule has 0 spiro atoms. The van der Waals surface area contributed by atoms with E-state index in [9.17, 15) is 14.4 Å². The van der Waals surface area contributed by atoms with Crippen molar-refractivity contribution in [1.29, 1.82) is 0 Å². The van der Waals surface area contributed by atoms with Crippen LogP contribution in [0.3, 0.4) is 0 Å². The average molecular weight is 506 g/mol. The SMILES string of the molecule is CCCN(CC(=O)N(CCc1ccc(OC)c(OC)c1)Cc1cccs1)C(=O)NCC(=O)OCC. The van der Waals surface area contributed by atoms with E-state index in [2.05, 4.69) is 5.32 Å². The molecule has 9 nitrogen and oxygen atoms in total. The van der Waals surface area contributed by atoms with Crippen molar-refractivity contribution in [3.63, 3.8) is 0 Å². The highest BCUT2D eigenvalue weighted by Gasteiger charge is 2.22. The minimum atomic E-state index is -0.516. The van der Waals surface area contributed by atoms with Gasteiger partial charge in [-0.25, -0.2) is 4.79 Å². The number of amides is 3. The third kappa shape index (κ3) is 9.12. The highest BCUT2D eigenvalue weighted by atomic mass is 32.1. The van der Waals surface area contributed by atoms with E-state index in [1.165, 1.54) is 4.90 Å². The van der Waals surface area contributed by atoms with E-state index in [-0.39, 0.29) is 25.6 Å². The van der Waals surface area contributed by atoms with Crippen LogP contribution in [-0.2, 0) is 27.3 Å². The molecule has 1 aromatic heterocycles. The summed E-state index contributed by atoms with van der Waals surface area (Å²) in [6, 6.07) is 9.15. The molecule has 0 saturated carbocycles. The molecule has 0 bridgehead atoms. The Morgan fingerprint density at radius 2 is 1.77 bits per heavy atom. The van der Waals surface area contributed by atoms with E-state index < -0.39 is 12.0 Å². The highest BCUT2D eigenvalue weighted by molar-refractivity contribution is 7.09. The number of ether oxygens (including phenoxy) is 3. The van der Waals surface area contributed by atoms with Gasteiger partial charge in [-0.2, -0.15) is 0 Å². The number of thiophene rings is 1. The molecule has 0 aliphatic heterocycles. The van der Waals surface area contributed by atoms with E-state index in [0.29, 0.717) is 44.0 Å². The summed E-state index contributed by atoms with van der Waals surface area (Å²) in [5.74, 6) is 0.594. The van der Waals surface area contributed by atoms with Crippen LogP contribution in [0.1, 0.15) is 30.7 Å². The lowest BCUT2D eigenvalue weighted by Crippen LogP contribution is -2.48. The molecule has 0 aliphatic carbocycles. The monoisotopic (exact) mass is 505 g/mol. The number of benzene rings is 1. The Morgan fingerprint density at radius 3 is 2.40 bits per heavy atom. The first-order chi connectivity index (χ1) is 16.9. The van der Waals surface area contributed by atoms with Gasteiger partial charge in [0.25, 0.3) is 0 Å². The zero-order valence-corrected chi connectivity index (χ0v) is 21.7. The number of nitrogens with zero attached hydrogens (tertiary/aromatic N) is 2. The van der Waals surface area contributed by atoms with Gasteiger partial charge < -0.3 is 29.3 Å². The third-order valence-electron chi connectivity index (χ3n) is 5.19. The Balaban J connectivity index is 2.09.